The molecular weight excluding hydrogens is 296 g/mol. The van der Waals surface area contributed by atoms with E-state index in [2.05, 4.69) is 17.3 Å². The van der Waals surface area contributed by atoms with E-state index in [4.69, 9.17) is 4.74 Å². The molecule has 0 atom stereocenters. The van der Waals surface area contributed by atoms with Crippen molar-refractivity contribution in [2.75, 3.05) is 25.5 Å². The quantitative estimate of drug-likeness (QED) is 0.939. The number of rotatable bonds is 4. The predicted octanol–water partition coefficient (Wildman–Crippen LogP) is 3.47. The molecule has 1 aliphatic heterocycles. The van der Waals surface area contributed by atoms with Gasteiger partial charge >= 0.3 is 0 Å². The van der Waals surface area contributed by atoms with E-state index in [-0.39, 0.29) is 12.0 Å². The van der Waals surface area contributed by atoms with Crippen molar-refractivity contribution in [2.24, 2.45) is 0 Å². The van der Waals surface area contributed by atoms with Crippen molar-refractivity contribution in [1.82, 2.24) is 4.90 Å². The minimum Gasteiger partial charge on any atom is -0.490 e. The molecule has 1 saturated heterocycles. The molecule has 4 nitrogen and oxygen atoms in total. The first kappa shape index (κ1) is 15.1. The summed E-state index contributed by atoms with van der Waals surface area (Å²) in [6.07, 6.45) is 2.35. The van der Waals surface area contributed by atoms with Gasteiger partial charge in [0, 0.05) is 24.8 Å². The zero-order valence-corrected chi connectivity index (χ0v) is 13.4. The number of ether oxygens (including phenoxy) is 1. The first-order valence-corrected chi connectivity index (χ1v) is 8.39. The highest BCUT2D eigenvalue weighted by molar-refractivity contribution is 7.12. The van der Waals surface area contributed by atoms with Gasteiger partial charge < -0.3 is 15.0 Å². The number of nitrogens with zero attached hydrogens (tertiary/aromatic N) is 1. The van der Waals surface area contributed by atoms with Gasteiger partial charge in [-0.15, -0.1) is 11.3 Å². The molecule has 0 bridgehead atoms. The van der Waals surface area contributed by atoms with Crippen LogP contribution in [0.3, 0.4) is 0 Å². The molecule has 2 heterocycles. The zero-order valence-electron chi connectivity index (χ0n) is 12.6. The number of anilines is 1. The fraction of sp³-hybridized carbons (Fsp3) is 0.353. The first-order chi connectivity index (χ1) is 10.7. The molecule has 5 heteroatoms. The molecule has 0 unspecified atom stereocenters. The van der Waals surface area contributed by atoms with E-state index in [0.717, 1.165) is 37.4 Å². The van der Waals surface area contributed by atoms with Crippen LogP contribution in [0.1, 0.15) is 22.5 Å². The van der Waals surface area contributed by atoms with Crippen LogP contribution < -0.4 is 10.1 Å². The number of hydrogen-bond donors (Lipinski definition) is 1. The van der Waals surface area contributed by atoms with Gasteiger partial charge in [-0.2, -0.15) is 0 Å². The lowest BCUT2D eigenvalue weighted by Crippen LogP contribution is -2.35. The number of amides is 1. The average molecular weight is 316 g/mol. The Morgan fingerprint density at radius 1 is 1.27 bits per heavy atom. The highest BCUT2D eigenvalue weighted by Gasteiger charge is 2.18. The van der Waals surface area contributed by atoms with Crippen molar-refractivity contribution in [3.05, 3.63) is 46.7 Å². The minimum absolute atomic E-state index is 0.0774. The minimum atomic E-state index is -0.0774. The monoisotopic (exact) mass is 316 g/mol. The molecule has 22 heavy (non-hydrogen) atoms. The molecule has 1 aliphatic rings. The highest BCUT2D eigenvalue weighted by Crippen LogP contribution is 2.22. The summed E-state index contributed by atoms with van der Waals surface area (Å²) in [4.78, 5) is 15.1. The Balaban J connectivity index is 1.61. The summed E-state index contributed by atoms with van der Waals surface area (Å²) in [7, 11) is 2.14. The normalized spacial score (nSPS) is 16.4. The third-order valence-electron chi connectivity index (χ3n) is 3.81. The molecule has 0 aliphatic carbocycles. The van der Waals surface area contributed by atoms with Crippen LogP contribution >= 0.6 is 11.3 Å². The second-order valence-electron chi connectivity index (χ2n) is 5.58. The van der Waals surface area contributed by atoms with Crippen molar-refractivity contribution < 1.29 is 9.53 Å². The second kappa shape index (κ2) is 6.94. The Labute approximate surface area is 134 Å². The van der Waals surface area contributed by atoms with Crippen molar-refractivity contribution in [1.29, 1.82) is 0 Å². The standard InChI is InChI=1S/C17H20N2O2S/c1-19-9-7-14(8-10-19)21-15-5-2-4-13(12-15)18-17(20)16-6-3-11-22-16/h2-6,11-12,14H,7-10H2,1H3,(H,18,20). The largest absolute Gasteiger partial charge is 0.490 e. The lowest BCUT2D eigenvalue weighted by molar-refractivity contribution is 0.103. The van der Waals surface area contributed by atoms with Crippen LogP contribution in [0, 0.1) is 0 Å². The number of benzene rings is 1. The summed E-state index contributed by atoms with van der Waals surface area (Å²) >= 11 is 1.44. The third kappa shape index (κ3) is 3.87. The lowest BCUT2D eigenvalue weighted by Gasteiger charge is -2.29. The van der Waals surface area contributed by atoms with Crippen LogP contribution in [-0.2, 0) is 0 Å². The van der Waals surface area contributed by atoms with E-state index >= 15 is 0 Å². The van der Waals surface area contributed by atoms with E-state index in [0.29, 0.717) is 4.88 Å². The summed E-state index contributed by atoms with van der Waals surface area (Å²) < 4.78 is 6.04. The average Bonchev–Trinajstić information content (AvgIpc) is 3.04. The molecule has 0 radical (unpaired) electrons. The van der Waals surface area contributed by atoms with E-state index < -0.39 is 0 Å². The van der Waals surface area contributed by atoms with Crippen LogP contribution in [0.15, 0.2) is 41.8 Å². The number of likely N-dealkylation sites (tertiary alicyclic amines) is 1. The Hall–Kier alpha value is -1.85. The summed E-state index contributed by atoms with van der Waals surface area (Å²) in [6.45, 7) is 2.14. The van der Waals surface area contributed by atoms with Gasteiger partial charge in [0.1, 0.15) is 11.9 Å². The smallest absolute Gasteiger partial charge is 0.265 e. The maximum absolute atomic E-state index is 12.1. The lowest BCUT2D eigenvalue weighted by atomic mass is 10.1. The Morgan fingerprint density at radius 3 is 2.82 bits per heavy atom. The Morgan fingerprint density at radius 2 is 2.09 bits per heavy atom. The molecular formula is C17H20N2O2S. The van der Waals surface area contributed by atoms with E-state index in [1.807, 2.05) is 41.8 Å². The second-order valence-corrected chi connectivity index (χ2v) is 6.53. The zero-order chi connectivity index (χ0) is 15.4. The van der Waals surface area contributed by atoms with Crippen LogP contribution in [0.25, 0.3) is 0 Å². The van der Waals surface area contributed by atoms with Crippen molar-refractivity contribution >= 4 is 22.9 Å². The van der Waals surface area contributed by atoms with Gasteiger partial charge in [-0.1, -0.05) is 12.1 Å². The fourth-order valence-electron chi connectivity index (χ4n) is 2.54. The van der Waals surface area contributed by atoms with E-state index in [1.54, 1.807) is 0 Å². The Kier molecular flexibility index (Phi) is 4.75. The number of piperidine rings is 1. The number of hydrogen-bond acceptors (Lipinski definition) is 4. The molecule has 1 amide bonds. The van der Waals surface area contributed by atoms with Gasteiger partial charge in [-0.05, 0) is 43.5 Å². The third-order valence-corrected chi connectivity index (χ3v) is 4.67. The summed E-state index contributed by atoms with van der Waals surface area (Å²) in [6, 6.07) is 11.3. The molecule has 1 aromatic heterocycles. The molecule has 0 saturated carbocycles. The van der Waals surface area contributed by atoms with Crippen molar-refractivity contribution in [3.63, 3.8) is 0 Å². The molecule has 1 N–H and O–H groups in total. The van der Waals surface area contributed by atoms with Gasteiger partial charge in [0.05, 0.1) is 4.88 Å². The van der Waals surface area contributed by atoms with Crippen LogP contribution in [0.4, 0.5) is 5.69 Å². The molecule has 1 fully saturated rings. The molecule has 0 spiro atoms. The SMILES string of the molecule is CN1CCC(Oc2cccc(NC(=O)c3cccs3)c2)CC1. The number of carbonyl (C=O) groups is 1. The van der Waals surface area contributed by atoms with Crippen molar-refractivity contribution in [3.8, 4) is 5.75 Å². The summed E-state index contributed by atoms with van der Waals surface area (Å²) in [5.74, 6) is 0.741. The van der Waals surface area contributed by atoms with Crippen LogP contribution in [0.5, 0.6) is 5.75 Å². The highest BCUT2D eigenvalue weighted by atomic mass is 32.1. The van der Waals surface area contributed by atoms with Gasteiger partial charge in [0.25, 0.3) is 5.91 Å². The number of carbonyl (C=O) groups excluding carboxylic acids is 1. The first-order valence-electron chi connectivity index (χ1n) is 7.51. The molecule has 2 aromatic rings. The number of thiophene rings is 1. The predicted molar refractivity (Wildman–Crippen MR) is 89.9 cm³/mol. The molecule has 116 valence electrons. The van der Waals surface area contributed by atoms with E-state index in [1.165, 1.54) is 11.3 Å². The van der Waals surface area contributed by atoms with Gasteiger partial charge in [0.2, 0.25) is 0 Å². The van der Waals surface area contributed by atoms with E-state index in [9.17, 15) is 4.79 Å². The number of nitrogens with one attached hydrogen (secondary N) is 1. The maximum Gasteiger partial charge on any atom is 0.265 e. The summed E-state index contributed by atoms with van der Waals surface area (Å²) in [5, 5.41) is 4.81. The molecule has 3 rings (SSSR count). The van der Waals surface area contributed by atoms with Crippen LogP contribution in [0.2, 0.25) is 0 Å². The fourth-order valence-corrected chi connectivity index (χ4v) is 3.16. The van der Waals surface area contributed by atoms with Crippen molar-refractivity contribution in [2.45, 2.75) is 18.9 Å². The Bertz CT molecular complexity index is 619. The maximum atomic E-state index is 12.1. The molecule has 1 aromatic carbocycles. The topological polar surface area (TPSA) is 41.6 Å². The summed E-state index contributed by atoms with van der Waals surface area (Å²) in [5.41, 5.74) is 0.767. The van der Waals surface area contributed by atoms with Gasteiger partial charge in [-0.3, -0.25) is 4.79 Å². The van der Waals surface area contributed by atoms with Gasteiger partial charge in [0.15, 0.2) is 0 Å². The van der Waals surface area contributed by atoms with Gasteiger partial charge in [-0.25, -0.2) is 0 Å². The van der Waals surface area contributed by atoms with Crippen LogP contribution in [-0.4, -0.2) is 37.0 Å².